The van der Waals surface area contributed by atoms with Crippen molar-refractivity contribution in [2.24, 2.45) is 5.92 Å². The third-order valence-electron chi connectivity index (χ3n) is 3.31. The van der Waals surface area contributed by atoms with E-state index in [2.05, 4.69) is 38.4 Å². The van der Waals surface area contributed by atoms with Crippen LogP contribution in [0.25, 0.3) is 5.57 Å². The molecule has 2 atom stereocenters. The average molecular weight is 276 g/mol. The zero-order chi connectivity index (χ0) is 11.1. The van der Waals surface area contributed by atoms with Gasteiger partial charge in [-0.05, 0) is 46.0 Å². The molecule has 1 aromatic heterocycles. The molecule has 16 heavy (non-hydrogen) atoms. The molecular weight excluding hydrogens is 266 g/mol. The molecule has 4 heteroatoms. The fourth-order valence-corrected chi connectivity index (χ4v) is 2.75. The van der Waals surface area contributed by atoms with E-state index in [-0.39, 0.29) is 0 Å². The molecule has 0 saturated carbocycles. The van der Waals surface area contributed by atoms with Crippen molar-refractivity contribution < 1.29 is 0 Å². The maximum absolute atomic E-state index is 8.83. The number of nitrogens with one attached hydrogen (secondary N) is 1. The van der Waals surface area contributed by atoms with Gasteiger partial charge in [-0.3, -0.25) is 0 Å². The SMILES string of the molecule is N#Cc1ccc(C2=CCC3CNC23)nc1Br. The predicted molar refractivity (Wildman–Crippen MR) is 64.5 cm³/mol. The molecule has 0 aromatic carbocycles. The van der Waals surface area contributed by atoms with E-state index < -0.39 is 0 Å². The van der Waals surface area contributed by atoms with Gasteiger partial charge in [0, 0.05) is 12.6 Å². The molecular formula is C12H10BrN3. The van der Waals surface area contributed by atoms with Gasteiger partial charge in [0.2, 0.25) is 0 Å². The van der Waals surface area contributed by atoms with Gasteiger partial charge in [0.15, 0.2) is 0 Å². The van der Waals surface area contributed by atoms with Crippen molar-refractivity contribution in [1.82, 2.24) is 10.3 Å². The van der Waals surface area contributed by atoms with Crippen molar-refractivity contribution >= 4 is 21.5 Å². The van der Waals surface area contributed by atoms with E-state index in [0.717, 1.165) is 24.6 Å². The molecule has 2 heterocycles. The maximum atomic E-state index is 8.83. The fraction of sp³-hybridized carbons (Fsp3) is 0.333. The Kier molecular flexibility index (Phi) is 2.31. The van der Waals surface area contributed by atoms with Crippen LogP contribution in [0, 0.1) is 17.2 Å². The summed E-state index contributed by atoms with van der Waals surface area (Å²) in [6, 6.07) is 6.33. The zero-order valence-corrected chi connectivity index (χ0v) is 10.2. The van der Waals surface area contributed by atoms with Crippen molar-refractivity contribution in [3.05, 3.63) is 34.1 Å². The number of fused-ring (bicyclic) bond motifs is 1. The second-order valence-electron chi connectivity index (χ2n) is 4.19. The molecule has 0 spiro atoms. The molecule has 1 fully saturated rings. The average Bonchev–Trinajstić information content (AvgIpc) is 2.54. The minimum Gasteiger partial charge on any atom is -0.309 e. The van der Waals surface area contributed by atoms with Crippen molar-refractivity contribution in [3.63, 3.8) is 0 Å². The Morgan fingerprint density at radius 3 is 2.94 bits per heavy atom. The van der Waals surface area contributed by atoms with Crippen molar-refractivity contribution in [2.75, 3.05) is 6.54 Å². The lowest BCUT2D eigenvalue weighted by Crippen LogP contribution is -2.50. The fourth-order valence-electron chi connectivity index (χ4n) is 2.33. The molecule has 3 nitrogen and oxygen atoms in total. The smallest absolute Gasteiger partial charge is 0.124 e. The van der Waals surface area contributed by atoms with Gasteiger partial charge in [-0.25, -0.2) is 4.98 Å². The number of nitriles is 1. The lowest BCUT2D eigenvalue weighted by atomic mass is 9.90. The van der Waals surface area contributed by atoms with Crippen LogP contribution in [-0.2, 0) is 0 Å². The summed E-state index contributed by atoms with van der Waals surface area (Å²) < 4.78 is 0.635. The molecule has 0 radical (unpaired) electrons. The highest BCUT2D eigenvalue weighted by Gasteiger charge is 2.37. The van der Waals surface area contributed by atoms with E-state index in [1.54, 1.807) is 0 Å². The monoisotopic (exact) mass is 275 g/mol. The summed E-state index contributed by atoms with van der Waals surface area (Å²) in [4.78, 5) is 4.43. The number of allylic oxidation sites excluding steroid dienone is 1. The van der Waals surface area contributed by atoms with E-state index in [0.29, 0.717) is 16.2 Å². The molecule has 2 unspecified atom stereocenters. The Balaban J connectivity index is 1.96. The second-order valence-corrected chi connectivity index (χ2v) is 4.94. The molecule has 1 N–H and O–H groups in total. The van der Waals surface area contributed by atoms with Crippen LogP contribution >= 0.6 is 15.9 Å². The first-order valence-corrected chi connectivity index (χ1v) is 6.09. The predicted octanol–water partition coefficient (Wildman–Crippen LogP) is 2.09. The van der Waals surface area contributed by atoms with Crippen LogP contribution in [0.3, 0.4) is 0 Å². The Morgan fingerprint density at radius 1 is 1.50 bits per heavy atom. The summed E-state index contributed by atoms with van der Waals surface area (Å²) in [6.07, 6.45) is 3.41. The Morgan fingerprint density at radius 2 is 2.38 bits per heavy atom. The third kappa shape index (κ3) is 1.40. The largest absolute Gasteiger partial charge is 0.309 e. The molecule has 0 bridgehead atoms. The number of aromatic nitrogens is 1. The molecule has 1 aliphatic carbocycles. The summed E-state index contributed by atoms with van der Waals surface area (Å²) in [5.74, 6) is 0.756. The maximum Gasteiger partial charge on any atom is 0.124 e. The van der Waals surface area contributed by atoms with Crippen LogP contribution in [0.1, 0.15) is 17.7 Å². The van der Waals surface area contributed by atoms with Crippen molar-refractivity contribution in [3.8, 4) is 6.07 Å². The summed E-state index contributed by atoms with van der Waals surface area (Å²) in [6.45, 7) is 1.11. The van der Waals surface area contributed by atoms with Gasteiger partial charge < -0.3 is 5.32 Å². The molecule has 3 rings (SSSR count). The number of pyridine rings is 1. The number of hydrogen-bond acceptors (Lipinski definition) is 3. The van der Waals surface area contributed by atoms with Crippen molar-refractivity contribution in [1.29, 1.82) is 5.26 Å². The van der Waals surface area contributed by atoms with E-state index in [4.69, 9.17) is 5.26 Å². The Bertz CT molecular complexity index is 515. The summed E-state index contributed by atoms with van der Waals surface area (Å²) in [5.41, 5.74) is 2.84. The van der Waals surface area contributed by atoms with Crippen LogP contribution in [0.2, 0.25) is 0 Å². The molecule has 0 amide bonds. The van der Waals surface area contributed by atoms with Gasteiger partial charge in [0.05, 0.1) is 11.3 Å². The standard InChI is InChI=1S/C12H10BrN3/c13-12-7(5-14)2-4-10(16-12)9-3-1-8-6-15-11(8)9/h2-4,8,11,15H,1,6H2. The van der Waals surface area contributed by atoms with Gasteiger partial charge in [-0.1, -0.05) is 6.08 Å². The molecule has 2 aliphatic rings. The molecule has 80 valence electrons. The highest BCUT2D eigenvalue weighted by Crippen LogP contribution is 2.37. The van der Waals surface area contributed by atoms with Crippen LogP contribution in [0.5, 0.6) is 0 Å². The first kappa shape index (κ1) is 10.0. The highest BCUT2D eigenvalue weighted by atomic mass is 79.9. The zero-order valence-electron chi connectivity index (χ0n) is 8.57. The number of halogens is 1. The minimum atomic E-state index is 0.479. The summed E-state index contributed by atoms with van der Waals surface area (Å²) in [5, 5.41) is 12.2. The van der Waals surface area contributed by atoms with Gasteiger partial charge in [0.25, 0.3) is 0 Å². The molecule has 1 aliphatic heterocycles. The number of hydrogen-bond donors (Lipinski definition) is 1. The highest BCUT2D eigenvalue weighted by molar-refractivity contribution is 9.10. The van der Waals surface area contributed by atoms with Gasteiger partial charge in [0.1, 0.15) is 10.7 Å². The van der Waals surface area contributed by atoms with Gasteiger partial charge in [-0.15, -0.1) is 0 Å². The second kappa shape index (κ2) is 3.69. The van der Waals surface area contributed by atoms with E-state index in [1.807, 2.05) is 12.1 Å². The van der Waals surface area contributed by atoms with Crippen LogP contribution in [-0.4, -0.2) is 17.6 Å². The summed E-state index contributed by atoms with van der Waals surface area (Å²) in [7, 11) is 0. The molecule has 1 saturated heterocycles. The Labute approximate surface area is 102 Å². The summed E-state index contributed by atoms with van der Waals surface area (Å²) >= 11 is 3.33. The third-order valence-corrected chi connectivity index (χ3v) is 3.92. The van der Waals surface area contributed by atoms with Crippen LogP contribution < -0.4 is 5.32 Å². The first-order chi connectivity index (χ1) is 7.79. The number of rotatable bonds is 1. The minimum absolute atomic E-state index is 0.479. The number of nitrogens with zero attached hydrogens (tertiary/aromatic N) is 2. The quantitative estimate of drug-likeness (QED) is 0.799. The lowest BCUT2D eigenvalue weighted by molar-refractivity contribution is 0.306. The lowest BCUT2D eigenvalue weighted by Gasteiger charge is -2.34. The van der Waals surface area contributed by atoms with Crippen molar-refractivity contribution in [2.45, 2.75) is 12.5 Å². The van der Waals surface area contributed by atoms with E-state index in [1.165, 1.54) is 5.57 Å². The topological polar surface area (TPSA) is 48.7 Å². The molecule has 1 aromatic rings. The van der Waals surface area contributed by atoms with Gasteiger partial charge >= 0.3 is 0 Å². The van der Waals surface area contributed by atoms with E-state index in [9.17, 15) is 0 Å². The normalized spacial score (nSPS) is 26.6. The Hall–Kier alpha value is -1.18. The van der Waals surface area contributed by atoms with Crippen LogP contribution in [0.4, 0.5) is 0 Å². The first-order valence-electron chi connectivity index (χ1n) is 5.30. The van der Waals surface area contributed by atoms with E-state index >= 15 is 0 Å². The van der Waals surface area contributed by atoms with Crippen LogP contribution in [0.15, 0.2) is 22.8 Å². The van der Waals surface area contributed by atoms with Gasteiger partial charge in [-0.2, -0.15) is 5.26 Å².